The van der Waals surface area contributed by atoms with E-state index in [1.54, 1.807) is 0 Å². The second-order valence-corrected chi connectivity index (χ2v) is 4.19. The topological polar surface area (TPSA) is 55.1 Å². The zero-order valence-corrected chi connectivity index (χ0v) is 8.92. The van der Waals surface area contributed by atoms with Gasteiger partial charge in [0, 0.05) is 17.3 Å². The fourth-order valence-corrected chi connectivity index (χ4v) is 1.67. The highest BCUT2D eigenvalue weighted by Crippen LogP contribution is 2.28. The summed E-state index contributed by atoms with van der Waals surface area (Å²) in [5, 5.41) is 2.92. The number of nitrogens with two attached hydrogens (primary N) is 1. The number of benzene rings is 1. The van der Waals surface area contributed by atoms with Crippen LogP contribution in [-0.4, -0.2) is 5.91 Å². The van der Waals surface area contributed by atoms with Crippen LogP contribution < -0.4 is 11.1 Å². The molecule has 1 aromatic carbocycles. The van der Waals surface area contributed by atoms with Gasteiger partial charge in [-0.25, -0.2) is 0 Å². The van der Waals surface area contributed by atoms with E-state index in [1.165, 1.54) is 6.42 Å². The molecule has 2 rings (SSSR count). The van der Waals surface area contributed by atoms with Crippen molar-refractivity contribution < 1.29 is 4.79 Å². The van der Waals surface area contributed by atoms with Crippen molar-refractivity contribution in [2.24, 2.45) is 5.92 Å². The molecule has 1 saturated carbocycles. The van der Waals surface area contributed by atoms with Gasteiger partial charge in [-0.15, -0.1) is 0 Å². The highest BCUT2D eigenvalue weighted by Gasteiger charge is 2.25. The molecule has 3 nitrogen and oxygen atoms in total. The molecule has 3 heteroatoms. The molecule has 0 aliphatic heterocycles. The maximum Gasteiger partial charge on any atom is 0.227 e. The average molecular weight is 204 g/mol. The van der Waals surface area contributed by atoms with Crippen LogP contribution >= 0.6 is 0 Å². The average Bonchev–Trinajstić information content (AvgIpc) is 2.08. The van der Waals surface area contributed by atoms with E-state index in [4.69, 9.17) is 5.73 Å². The van der Waals surface area contributed by atoms with Crippen molar-refractivity contribution in [3.8, 4) is 0 Å². The maximum absolute atomic E-state index is 11.6. The molecule has 1 aromatic rings. The third-order valence-electron chi connectivity index (χ3n) is 3.01. The lowest BCUT2D eigenvalue weighted by Gasteiger charge is -2.24. The van der Waals surface area contributed by atoms with E-state index in [1.807, 2.05) is 25.1 Å². The van der Waals surface area contributed by atoms with Gasteiger partial charge in [-0.2, -0.15) is 0 Å². The van der Waals surface area contributed by atoms with Gasteiger partial charge in [-0.3, -0.25) is 4.79 Å². The third-order valence-corrected chi connectivity index (χ3v) is 3.01. The summed E-state index contributed by atoms with van der Waals surface area (Å²) < 4.78 is 0. The summed E-state index contributed by atoms with van der Waals surface area (Å²) in [6, 6.07) is 5.58. The minimum atomic E-state index is 0.144. The van der Waals surface area contributed by atoms with Crippen LogP contribution in [-0.2, 0) is 4.79 Å². The number of nitrogen functional groups attached to an aromatic ring is 1. The molecule has 0 bridgehead atoms. The summed E-state index contributed by atoms with van der Waals surface area (Å²) in [6.07, 6.45) is 3.23. The molecule has 15 heavy (non-hydrogen) atoms. The molecule has 0 aromatic heterocycles. The van der Waals surface area contributed by atoms with Crippen LogP contribution in [0.3, 0.4) is 0 Å². The molecule has 1 aliphatic carbocycles. The Morgan fingerprint density at radius 3 is 2.73 bits per heavy atom. The zero-order valence-electron chi connectivity index (χ0n) is 8.92. The first kappa shape index (κ1) is 10.0. The lowest BCUT2D eigenvalue weighted by atomic mass is 9.85. The number of hydrogen-bond donors (Lipinski definition) is 2. The lowest BCUT2D eigenvalue weighted by Crippen LogP contribution is -2.28. The molecule has 1 fully saturated rings. The molecule has 0 radical (unpaired) electrons. The normalized spacial score (nSPS) is 15.8. The van der Waals surface area contributed by atoms with Crippen molar-refractivity contribution in [3.05, 3.63) is 23.8 Å². The highest BCUT2D eigenvalue weighted by molar-refractivity contribution is 5.93. The molecule has 0 atom stereocenters. The molecular weight excluding hydrogens is 188 g/mol. The molecule has 0 saturated heterocycles. The molecular formula is C12H16N2O. The predicted octanol–water partition coefficient (Wildman–Crippen LogP) is 2.32. The van der Waals surface area contributed by atoms with E-state index in [9.17, 15) is 4.79 Å². The molecule has 0 unspecified atom stereocenters. The highest BCUT2D eigenvalue weighted by atomic mass is 16.1. The number of carbonyl (C=O) groups is 1. The zero-order chi connectivity index (χ0) is 10.8. The fraction of sp³-hybridized carbons (Fsp3) is 0.417. The Morgan fingerprint density at radius 2 is 2.20 bits per heavy atom. The van der Waals surface area contributed by atoms with E-state index in [-0.39, 0.29) is 11.8 Å². The first-order valence-corrected chi connectivity index (χ1v) is 5.34. The smallest absolute Gasteiger partial charge is 0.227 e. The van der Waals surface area contributed by atoms with Gasteiger partial charge in [0.15, 0.2) is 0 Å². The molecule has 80 valence electrons. The second kappa shape index (κ2) is 3.93. The lowest BCUT2D eigenvalue weighted by molar-refractivity contribution is -0.122. The van der Waals surface area contributed by atoms with Crippen molar-refractivity contribution in [2.75, 3.05) is 11.1 Å². The van der Waals surface area contributed by atoms with Gasteiger partial charge in [0.05, 0.1) is 0 Å². The van der Waals surface area contributed by atoms with E-state index in [0.717, 1.165) is 29.8 Å². The van der Waals surface area contributed by atoms with Crippen LogP contribution in [0.2, 0.25) is 0 Å². The van der Waals surface area contributed by atoms with Crippen molar-refractivity contribution in [1.29, 1.82) is 0 Å². The Morgan fingerprint density at radius 1 is 1.47 bits per heavy atom. The number of aryl methyl sites for hydroxylation is 1. The fourth-order valence-electron chi connectivity index (χ4n) is 1.67. The first-order chi connectivity index (χ1) is 7.16. The van der Waals surface area contributed by atoms with Crippen molar-refractivity contribution >= 4 is 17.3 Å². The van der Waals surface area contributed by atoms with Crippen LogP contribution in [0.4, 0.5) is 11.4 Å². The predicted molar refractivity (Wildman–Crippen MR) is 61.6 cm³/mol. The van der Waals surface area contributed by atoms with Gasteiger partial charge in [0.1, 0.15) is 0 Å². The van der Waals surface area contributed by atoms with E-state index < -0.39 is 0 Å². The van der Waals surface area contributed by atoms with Gasteiger partial charge in [0.2, 0.25) is 5.91 Å². The number of carbonyl (C=O) groups excluding carboxylic acids is 1. The van der Waals surface area contributed by atoms with E-state index in [0.29, 0.717) is 0 Å². The monoisotopic (exact) mass is 204 g/mol. The standard InChI is InChI=1S/C12H16N2O/c1-8-7-10(5-6-11(8)13)14-12(15)9-3-2-4-9/h5-7,9H,2-4,13H2,1H3,(H,14,15). The summed E-state index contributed by atoms with van der Waals surface area (Å²) in [5.74, 6) is 0.369. The molecule has 0 heterocycles. The van der Waals surface area contributed by atoms with Crippen LogP contribution in [0, 0.1) is 12.8 Å². The summed E-state index contributed by atoms with van der Waals surface area (Å²) in [6.45, 7) is 1.94. The van der Waals surface area contributed by atoms with Crippen molar-refractivity contribution in [1.82, 2.24) is 0 Å². The number of hydrogen-bond acceptors (Lipinski definition) is 2. The van der Waals surface area contributed by atoms with Crippen LogP contribution in [0.25, 0.3) is 0 Å². The van der Waals surface area contributed by atoms with Gasteiger partial charge < -0.3 is 11.1 Å². The van der Waals surface area contributed by atoms with E-state index in [2.05, 4.69) is 5.32 Å². The first-order valence-electron chi connectivity index (χ1n) is 5.34. The molecule has 1 aliphatic rings. The van der Waals surface area contributed by atoms with Gasteiger partial charge >= 0.3 is 0 Å². The van der Waals surface area contributed by atoms with Gasteiger partial charge in [-0.05, 0) is 43.5 Å². The Hall–Kier alpha value is -1.51. The Balaban J connectivity index is 2.03. The Labute approximate surface area is 89.7 Å². The molecule has 3 N–H and O–H groups in total. The third kappa shape index (κ3) is 2.12. The van der Waals surface area contributed by atoms with Gasteiger partial charge in [0.25, 0.3) is 0 Å². The molecule has 0 spiro atoms. The van der Waals surface area contributed by atoms with Crippen LogP contribution in [0.5, 0.6) is 0 Å². The Kier molecular flexibility index (Phi) is 2.62. The minimum absolute atomic E-state index is 0.144. The maximum atomic E-state index is 11.6. The summed E-state index contributed by atoms with van der Waals surface area (Å²) in [5.41, 5.74) is 8.31. The Bertz CT molecular complexity index is 383. The minimum Gasteiger partial charge on any atom is -0.399 e. The van der Waals surface area contributed by atoms with Gasteiger partial charge in [-0.1, -0.05) is 6.42 Å². The SMILES string of the molecule is Cc1cc(NC(=O)C2CCC2)ccc1N. The van der Waals surface area contributed by atoms with Crippen molar-refractivity contribution in [2.45, 2.75) is 26.2 Å². The quantitative estimate of drug-likeness (QED) is 0.726. The summed E-state index contributed by atoms with van der Waals surface area (Å²) >= 11 is 0. The molecule has 1 amide bonds. The summed E-state index contributed by atoms with van der Waals surface area (Å²) in [4.78, 5) is 11.6. The largest absolute Gasteiger partial charge is 0.399 e. The number of rotatable bonds is 2. The van der Waals surface area contributed by atoms with Crippen molar-refractivity contribution in [3.63, 3.8) is 0 Å². The van der Waals surface area contributed by atoms with Crippen LogP contribution in [0.1, 0.15) is 24.8 Å². The number of anilines is 2. The second-order valence-electron chi connectivity index (χ2n) is 4.19. The van der Waals surface area contributed by atoms with E-state index >= 15 is 0 Å². The number of amides is 1. The summed E-state index contributed by atoms with van der Waals surface area (Å²) in [7, 11) is 0. The van der Waals surface area contributed by atoms with Crippen LogP contribution in [0.15, 0.2) is 18.2 Å². The number of nitrogens with one attached hydrogen (secondary N) is 1.